The van der Waals surface area contributed by atoms with Gasteiger partial charge in [0.15, 0.2) is 0 Å². The molecule has 0 saturated carbocycles. The van der Waals surface area contributed by atoms with Crippen molar-refractivity contribution in [3.05, 3.63) is 29.3 Å². The second-order valence-electron chi connectivity index (χ2n) is 5.23. The molecule has 0 spiro atoms. The molecule has 0 radical (unpaired) electrons. The molecular formula is C15H25NO2. The molecule has 0 fully saturated rings. The van der Waals surface area contributed by atoms with Crippen LogP contribution in [0.5, 0.6) is 5.75 Å². The van der Waals surface area contributed by atoms with E-state index in [4.69, 9.17) is 4.74 Å². The fourth-order valence-corrected chi connectivity index (χ4v) is 2.17. The van der Waals surface area contributed by atoms with Crippen molar-refractivity contribution >= 4 is 0 Å². The van der Waals surface area contributed by atoms with Crippen LogP contribution < -0.4 is 4.74 Å². The number of aryl methyl sites for hydroxylation is 1. The lowest BCUT2D eigenvalue weighted by Crippen LogP contribution is -2.46. The minimum absolute atomic E-state index is 0.265. The highest BCUT2D eigenvalue weighted by Gasteiger charge is 2.35. The van der Waals surface area contributed by atoms with Crippen molar-refractivity contribution in [2.75, 3.05) is 21.2 Å². The number of benzene rings is 1. The Morgan fingerprint density at radius 1 is 1.39 bits per heavy atom. The van der Waals surface area contributed by atoms with Crippen LogP contribution in [-0.2, 0) is 0 Å². The summed E-state index contributed by atoms with van der Waals surface area (Å²) in [5, 5.41) is 10.7. The molecule has 1 N–H and O–H groups in total. The van der Waals surface area contributed by atoms with Crippen molar-refractivity contribution in [1.82, 2.24) is 4.90 Å². The molecule has 0 heterocycles. The van der Waals surface area contributed by atoms with Crippen LogP contribution in [0.15, 0.2) is 18.2 Å². The first kappa shape index (κ1) is 15.0. The summed E-state index contributed by atoms with van der Waals surface area (Å²) in [6.07, 6.45) is 0.371. The van der Waals surface area contributed by atoms with E-state index in [0.717, 1.165) is 23.3 Å². The van der Waals surface area contributed by atoms with Crippen LogP contribution in [-0.4, -0.2) is 36.8 Å². The van der Waals surface area contributed by atoms with Crippen LogP contribution in [0.4, 0.5) is 0 Å². The van der Waals surface area contributed by atoms with Gasteiger partial charge in [-0.1, -0.05) is 13.0 Å². The zero-order chi connectivity index (χ0) is 13.9. The third-order valence-electron chi connectivity index (χ3n) is 4.10. The van der Waals surface area contributed by atoms with Crippen LogP contribution in [0.1, 0.15) is 37.5 Å². The Kier molecular flexibility index (Phi) is 4.77. The highest BCUT2D eigenvalue weighted by atomic mass is 16.5. The third-order valence-corrected chi connectivity index (χ3v) is 4.10. The van der Waals surface area contributed by atoms with Gasteiger partial charge in [-0.25, -0.2) is 0 Å². The first-order valence-electron chi connectivity index (χ1n) is 6.36. The topological polar surface area (TPSA) is 32.7 Å². The number of ether oxygens (including phenoxy) is 1. The second kappa shape index (κ2) is 5.72. The van der Waals surface area contributed by atoms with Crippen molar-refractivity contribution < 1.29 is 9.84 Å². The van der Waals surface area contributed by atoms with Crippen molar-refractivity contribution in [3.63, 3.8) is 0 Å². The van der Waals surface area contributed by atoms with E-state index in [0.29, 0.717) is 0 Å². The lowest BCUT2D eigenvalue weighted by atomic mass is 9.84. The number of aliphatic hydroxyl groups is 1. The second-order valence-corrected chi connectivity index (χ2v) is 5.23. The van der Waals surface area contributed by atoms with Gasteiger partial charge in [-0.15, -0.1) is 0 Å². The number of hydrogen-bond acceptors (Lipinski definition) is 3. The van der Waals surface area contributed by atoms with Crippen LogP contribution >= 0.6 is 0 Å². The maximum Gasteiger partial charge on any atom is 0.119 e. The summed E-state index contributed by atoms with van der Waals surface area (Å²) in [5.74, 6) is 0.825. The fourth-order valence-electron chi connectivity index (χ4n) is 2.17. The summed E-state index contributed by atoms with van der Waals surface area (Å²) < 4.78 is 5.20. The van der Waals surface area contributed by atoms with E-state index in [1.807, 2.05) is 39.2 Å². The van der Waals surface area contributed by atoms with Gasteiger partial charge in [-0.3, -0.25) is 0 Å². The Morgan fingerprint density at radius 2 is 2.00 bits per heavy atom. The van der Waals surface area contributed by atoms with Gasteiger partial charge in [0.2, 0.25) is 0 Å². The molecule has 1 aromatic rings. The van der Waals surface area contributed by atoms with Gasteiger partial charge in [0.25, 0.3) is 0 Å². The first-order valence-corrected chi connectivity index (χ1v) is 6.36. The van der Waals surface area contributed by atoms with Gasteiger partial charge in [0, 0.05) is 5.54 Å². The van der Waals surface area contributed by atoms with Crippen molar-refractivity contribution in [3.8, 4) is 5.75 Å². The summed E-state index contributed by atoms with van der Waals surface area (Å²) in [6, 6.07) is 5.82. The normalized spacial score (nSPS) is 16.4. The van der Waals surface area contributed by atoms with Gasteiger partial charge >= 0.3 is 0 Å². The Labute approximate surface area is 110 Å². The molecule has 3 heteroatoms. The molecule has 2 atom stereocenters. The van der Waals surface area contributed by atoms with E-state index in [1.54, 1.807) is 7.11 Å². The largest absolute Gasteiger partial charge is 0.497 e. The van der Waals surface area contributed by atoms with Crippen LogP contribution in [0.3, 0.4) is 0 Å². The number of nitrogens with zero attached hydrogens (tertiary/aromatic N) is 1. The van der Waals surface area contributed by atoms with E-state index >= 15 is 0 Å². The molecule has 0 amide bonds. The minimum atomic E-state index is -0.511. The van der Waals surface area contributed by atoms with E-state index in [9.17, 15) is 5.11 Å². The fraction of sp³-hybridized carbons (Fsp3) is 0.600. The van der Waals surface area contributed by atoms with Gasteiger partial charge in [-0.05, 0) is 57.6 Å². The van der Waals surface area contributed by atoms with Gasteiger partial charge < -0.3 is 14.7 Å². The number of rotatable bonds is 5. The van der Waals surface area contributed by atoms with Crippen molar-refractivity contribution in [2.24, 2.45) is 0 Å². The molecule has 2 unspecified atom stereocenters. The van der Waals surface area contributed by atoms with Crippen molar-refractivity contribution in [2.45, 2.75) is 38.8 Å². The summed E-state index contributed by atoms with van der Waals surface area (Å²) in [7, 11) is 5.66. The van der Waals surface area contributed by atoms with Crippen molar-refractivity contribution in [1.29, 1.82) is 0 Å². The average molecular weight is 251 g/mol. The standard InChI is InChI=1S/C15H25NO2/c1-7-15(3,16(4)5)14(17)13-9-8-12(18-6)10-11(13)2/h8-10,14,17H,7H2,1-6H3. The predicted molar refractivity (Wildman–Crippen MR) is 75.1 cm³/mol. The van der Waals surface area contributed by atoms with Crippen LogP contribution in [0.2, 0.25) is 0 Å². The molecule has 0 aliphatic heterocycles. The lowest BCUT2D eigenvalue weighted by molar-refractivity contribution is 0.000485. The van der Waals surface area contributed by atoms with E-state index in [2.05, 4.69) is 18.7 Å². The lowest BCUT2D eigenvalue weighted by Gasteiger charge is -2.40. The number of hydrogen-bond donors (Lipinski definition) is 1. The Hall–Kier alpha value is -1.06. The molecule has 18 heavy (non-hydrogen) atoms. The average Bonchev–Trinajstić information content (AvgIpc) is 2.36. The Bertz CT molecular complexity index is 403. The summed E-state index contributed by atoms with van der Waals surface area (Å²) in [4.78, 5) is 2.08. The van der Waals surface area contributed by atoms with Crippen LogP contribution in [0, 0.1) is 6.92 Å². The molecule has 3 nitrogen and oxygen atoms in total. The SMILES string of the molecule is CCC(C)(C(O)c1ccc(OC)cc1C)N(C)C. The smallest absolute Gasteiger partial charge is 0.119 e. The molecule has 0 aliphatic carbocycles. The molecule has 1 rings (SSSR count). The van der Waals surface area contributed by atoms with E-state index in [1.165, 1.54) is 0 Å². The van der Waals surface area contributed by atoms with Crippen LogP contribution in [0.25, 0.3) is 0 Å². The maximum absolute atomic E-state index is 10.7. The number of aliphatic hydroxyl groups excluding tert-OH is 1. The number of methoxy groups -OCH3 is 1. The molecule has 0 aromatic heterocycles. The maximum atomic E-state index is 10.7. The molecular weight excluding hydrogens is 226 g/mol. The molecule has 102 valence electrons. The number of likely N-dealkylation sites (N-methyl/N-ethyl adjacent to an activating group) is 1. The summed E-state index contributed by atoms with van der Waals surface area (Å²) >= 11 is 0. The predicted octanol–water partition coefficient (Wildman–Crippen LogP) is 2.77. The quantitative estimate of drug-likeness (QED) is 0.873. The highest BCUT2D eigenvalue weighted by Crippen LogP contribution is 2.35. The monoisotopic (exact) mass is 251 g/mol. The van der Waals surface area contributed by atoms with E-state index in [-0.39, 0.29) is 5.54 Å². The highest BCUT2D eigenvalue weighted by molar-refractivity contribution is 5.37. The third kappa shape index (κ3) is 2.68. The summed E-state index contributed by atoms with van der Waals surface area (Å²) in [5.41, 5.74) is 1.76. The molecule has 0 bridgehead atoms. The minimum Gasteiger partial charge on any atom is -0.497 e. The Morgan fingerprint density at radius 3 is 2.39 bits per heavy atom. The molecule has 1 aromatic carbocycles. The Balaban J connectivity index is 3.13. The molecule has 0 saturated heterocycles. The van der Waals surface area contributed by atoms with Gasteiger partial charge in [0.1, 0.15) is 5.75 Å². The molecule has 0 aliphatic rings. The van der Waals surface area contributed by atoms with E-state index < -0.39 is 6.10 Å². The first-order chi connectivity index (χ1) is 8.36. The van der Waals surface area contributed by atoms with Gasteiger partial charge in [-0.2, -0.15) is 0 Å². The zero-order valence-corrected chi connectivity index (χ0v) is 12.3. The van der Waals surface area contributed by atoms with Gasteiger partial charge in [0.05, 0.1) is 13.2 Å². The summed E-state index contributed by atoms with van der Waals surface area (Å²) in [6.45, 7) is 6.19. The zero-order valence-electron chi connectivity index (χ0n) is 12.3.